The van der Waals surface area contributed by atoms with E-state index >= 15 is 0 Å². The van der Waals surface area contributed by atoms with Gasteiger partial charge in [0, 0.05) is 37.7 Å². The Morgan fingerprint density at radius 3 is 2.81 bits per heavy atom. The Morgan fingerprint density at radius 1 is 1.41 bits per heavy atom. The lowest BCUT2D eigenvalue weighted by Crippen LogP contribution is -2.32. The van der Waals surface area contributed by atoms with Crippen LogP contribution in [0.2, 0.25) is 5.02 Å². The summed E-state index contributed by atoms with van der Waals surface area (Å²) >= 11 is 6.09. The van der Waals surface area contributed by atoms with Gasteiger partial charge in [-0.3, -0.25) is 4.79 Å². The fraction of sp³-hybridized carbons (Fsp3) is 0.611. The number of nitrogens with one attached hydrogen (secondary N) is 1. The van der Waals surface area contributed by atoms with E-state index in [1.165, 1.54) is 18.2 Å². The van der Waals surface area contributed by atoms with E-state index in [9.17, 15) is 18.3 Å². The highest BCUT2D eigenvalue weighted by atomic mass is 35.5. The number of aliphatic hydroxyl groups excluding tert-OH is 1. The zero-order valence-electron chi connectivity index (χ0n) is 15.2. The van der Waals surface area contributed by atoms with Crippen LogP contribution in [0.4, 0.5) is 0 Å². The number of aliphatic hydroxyl groups is 1. The number of rotatable bonds is 6. The molecule has 1 aromatic carbocycles. The first-order valence-electron chi connectivity index (χ1n) is 9.20. The van der Waals surface area contributed by atoms with Crippen molar-refractivity contribution in [1.29, 1.82) is 0 Å². The maximum Gasteiger partial charge on any atom is 0.253 e. The molecule has 0 radical (unpaired) electrons. The molecular formula is C18H25ClN2O5S. The molecule has 7 nitrogen and oxygen atoms in total. The number of benzene rings is 1. The minimum atomic E-state index is -3.87. The molecule has 2 aliphatic rings. The lowest BCUT2D eigenvalue weighted by Gasteiger charge is -2.17. The van der Waals surface area contributed by atoms with Gasteiger partial charge < -0.3 is 14.7 Å². The molecule has 0 bridgehead atoms. The van der Waals surface area contributed by atoms with Crippen molar-refractivity contribution in [3.8, 4) is 0 Å². The van der Waals surface area contributed by atoms with Gasteiger partial charge in [0.05, 0.1) is 17.2 Å². The van der Waals surface area contributed by atoms with Crippen molar-refractivity contribution in [3.05, 3.63) is 28.8 Å². The third-order valence-corrected chi connectivity index (χ3v) is 7.12. The summed E-state index contributed by atoms with van der Waals surface area (Å²) in [5, 5.41) is 10.1. The highest BCUT2D eigenvalue weighted by molar-refractivity contribution is 7.89. The number of ether oxygens (including phenoxy) is 1. The average Bonchev–Trinajstić information content (AvgIpc) is 3.29. The largest absolute Gasteiger partial charge is 0.391 e. The van der Waals surface area contributed by atoms with Crippen molar-refractivity contribution in [2.45, 2.75) is 43.3 Å². The standard InChI is InChI=1S/C18H25ClN2O5S/c1-2-12-10-21(11-16(12)22)18(23)13-5-6-15(19)17(8-13)27(24,25)20-9-14-4-3-7-26-14/h5-6,8,12,14,16,20,22H,2-4,7,9-11H2,1H3/t12-,14+,16-/m1/s1. The number of halogens is 1. The van der Waals surface area contributed by atoms with E-state index in [0.717, 1.165) is 19.3 Å². The first-order valence-corrected chi connectivity index (χ1v) is 11.1. The van der Waals surface area contributed by atoms with E-state index in [4.69, 9.17) is 16.3 Å². The van der Waals surface area contributed by atoms with Gasteiger partial charge >= 0.3 is 0 Å². The fourth-order valence-electron chi connectivity index (χ4n) is 3.53. The molecule has 0 aromatic heterocycles. The summed E-state index contributed by atoms with van der Waals surface area (Å²) in [5.41, 5.74) is 0.237. The third kappa shape index (κ3) is 4.63. The number of β-amino-alcohol motifs (C(OH)–C–C–N with tert-alkyl or cyclic N) is 1. The summed E-state index contributed by atoms with van der Waals surface area (Å²) in [4.78, 5) is 14.2. The number of nitrogens with zero attached hydrogens (tertiary/aromatic N) is 1. The van der Waals surface area contributed by atoms with Crippen molar-refractivity contribution in [2.24, 2.45) is 5.92 Å². The second-order valence-corrected chi connectivity index (χ2v) is 9.22. The molecule has 27 heavy (non-hydrogen) atoms. The van der Waals surface area contributed by atoms with Crippen LogP contribution >= 0.6 is 11.6 Å². The lowest BCUT2D eigenvalue weighted by molar-refractivity contribution is 0.0764. The van der Waals surface area contributed by atoms with Crippen LogP contribution in [0.25, 0.3) is 0 Å². The fourth-order valence-corrected chi connectivity index (χ4v) is 5.12. The van der Waals surface area contributed by atoms with Crippen LogP contribution in [0.15, 0.2) is 23.1 Å². The highest BCUT2D eigenvalue weighted by Crippen LogP contribution is 2.26. The zero-order valence-corrected chi connectivity index (χ0v) is 16.8. The maximum atomic E-state index is 12.7. The Kier molecular flexibility index (Phi) is 6.43. The first kappa shape index (κ1) is 20.5. The second-order valence-electron chi connectivity index (χ2n) is 7.08. The van der Waals surface area contributed by atoms with Crippen LogP contribution in [0.1, 0.15) is 36.5 Å². The zero-order chi connectivity index (χ0) is 19.6. The molecule has 150 valence electrons. The monoisotopic (exact) mass is 416 g/mol. The Labute approximate surface area is 164 Å². The summed E-state index contributed by atoms with van der Waals surface area (Å²) < 4.78 is 33.2. The molecule has 0 spiro atoms. The molecule has 0 unspecified atom stereocenters. The number of carbonyl (C=O) groups excluding carboxylic acids is 1. The van der Waals surface area contributed by atoms with Gasteiger partial charge in [-0.05, 0) is 37.5 Å². The molecular weight excluding hydrogens is 392 g/mol. The van der Waals surface area contributed by atoms with E-state index in [2.05, 4.69) is 4.72 Å². The molecule has 2 aliphatic heterocycles. The van der Waals surface area contributed by atoms with Gasteiger partial charge in [0.1, 0.15) is 4.90 Å². The average molecular weight is 417 g/mol. The lowest BCUT2D eigenvalue weighted by atomic mass is 10.0. The molecule has 0 aliphatic carbocycles. The van der Waals surface area contributed by atoms with Crippen LogP contribution in [0, 0.1) is 5.92 Å². The third-order valence-electron chi connectivity index (χ3n) is 5.21. The topological polar surface area (TPSA) is 95.9 Å². The number of carbonyl (C=O) groups is 1. The van der Waals surface area contributed by atoms with E-state index in [1.54, 1.807) is 4.90 Å². The van der Waals surface area contributed by atoms with Crippen LogP contribution in [-0.2, 0) is 14.8 Å². The smallest absolute Gasteiger partial charge is 0.253 e. The van der Waals surface area contributed by atoms with Crippen LogP contribution in [0.5, 0.6) is 0 Å². The summed E-state index contributed by atoms with van der Waals surface area (Å²) in [6, 6.07) is 4.23. The Morgan fingerprint density at radius 2 is 2.19 bits per heavy atom. The molecule has 0 saturated carbocycles. The van der Waals surface area contributed by atoms with Crippen LogP contribution < -0.4 is 4.72 Å². The van der Waals surface area contributed by atoms with Gasteiger partial charge in [-0.2, -0.15) is 0 Å². The minimum Gasteiger partial charge on any atom is -0.391 e. The SMILES string of the molecule is CC[C@@H]1CN(C(=O)c2ccc(Cl)c(S(=O)(=O)NC[C@@H]3CCCO3)c2)C[C@H]1O. The molecule has 3 atom stereocenters. The van der Waals surface area contributed by atoms with Crippen LogP contribution in [-0.4, -0.2) is 62.8 Å². The predicted molar refractivity (Wildman–Crippen MR) is 101 cm³/mol. The van der Waals surface area contributed by atoms with Crippen molar-refractivity contribution in [2.75, 3.05) is 26.2 Å². The normalized spacial score (nSPS) is 25.9. The molecule has 1 amide bonds. The second kappa shape index (κ2) is 8.45. The molecule has 2 N–H and O–H groups in total. The summed E-state index contributed by atoms with van der Waals surface area (Å²) in [6.45, 7) is 3.48. The Bertz CT molecular complexity index is 795. The summed E-state index contributed by atoms with van der Waals surface area (Å²) in [6.07, 6.45) is 1.81. The van der Waals surface area contributed by atoms with Crippen molar-refractivity contribution in [1.82, 2.24) is 9.62 Å². The van der Waals surface area contributed by atoms with Crippen molar-refractivity contribution in [3.63, 3.8) is 0 Å². The van der Waals surface area contributed by atoms with Gasteiger partial charge in [-0.25, -0.2) is 13.1 Å². The van der Waals surface area contributed by atoms with E-state index < -0.39 is 16.1 Å². The molecule has 2 heterocycles. The molecule has 3 rings (SSSR count). The van der Waals surface area contributed by atoms with Gasteiger partial charge in [0.2, 0.25) is 10.0 Å². The van der Waals surface area contributed by atoms with Crippen molar-refractivity contribution < 1.29 is 23.1 Å². The quantitative estimate of drug-likeness (QED) is 0.734. The molecule has 2 fully saturated rings. The number of likely N-dealkylation sites (tertiary alicyclic amines) is 1. The number of sulfonamides is 1. The number of hydrogen-bond acceptors (Lipinski definition) is 5. The van der Waals surface area contributed by atoms with Gasteiger partial charge in [-0.15, -0.1) is 0 Å². The maximum absolute atomic E-state index is 12.7. The highest BCUT2D eigenvalue weighted by Gasteiger charge is 2.33. The summed E-state index contributed by atoms with van der Waals surface area (Å²) in [5.74, 6) is -0.269. The van der Waals surface area contributed by atoms with Gasteiger partial charge in [0.25, 0.3) is 5.91 Å². The van der Waals surface area contributed by atoms with E-state index in [-0.39, 0.29) is 46.5 Å². The molecule has 9 heteroatoms. The Hall–Kier alpha value is -1.19. The Balaban J connectivity index is 1.76. The van der Waals surface area contributed by atoms with Gasteiger partial charge in [-0.1, -0.05) is 18.5 Å². The van der Waals surface area contributed by atoms with Crippen LogP contribution in [0.3, 0.4) is 0 Å². The minimum absolute atomic E-state index is 0.0394. The summed E-state index contributed by atoms with van der Waals surface area (Å²) in [7, 11) is -3.87. The number of hydrogen-bond donors (Lipinski definition) is 2. The van der Waals surface area contributed by atoms with Gasteiger partial charge in [0.15, 0.2) is 0 Å². The number of amides is 1. The van der Waals surface area contributed by atoms with E-state index in [0.29, 0.717) is 13.2 Å². The molecule has 1 aromatic rings. The first-order chi connectivity index (χ1) is 12.8. The predicted octanol–water partition coefficient (Wildman–Crippen LogP) is 1.64. The van der Waals surface area contributed by atoms with E-state index in [1.807, 2.05) is 6.92 Å². The van der Waals surface area contributed by atoms with Crippen molar-refractivity contribution >= 4 is 27.5 Å². The molecule has 2 saturated heterocycles.